The van der Waals surface area contributed by atoms with Crippen LogP contribution in [0.5, 0.6) is 0 Å². The Labute approximate surface area is 199 Å². The average Bonchev–Trinajstić information content (AvgIpc) is 2.72. The first-order valence-electron chi connectivity index (χ1n) is 11.6. The van der Waals surface area contributed by atoms with Crippen LogP contribution in [0.25, 0.3) is 0 Å². The van der Waals surface area contributed by atoms with Crippen LogP contribution in [0.1, 0.15) is 65.2 Å². The summed E-state index contributed by atoms with van der Waals surface area (Å²) in [7, 11) is 3.92. The number of hydrogen-bond donors (Lipinski definition) is 3. The van der Waals surface area contributed by atoms with Crippen LogP contribution < -0.4 is 5.32 Å². The number of carbonyl (C=O) groups excluding carboxylic acids is 2. The van der Waals surface area contributed by atoms with Crippen molar-refractivity contribution in [1.29, 1.82) is 0 Å². The Morgan fingerprint density at radius 1 is 1.06 bits per heavy atom. The lowest BCUT2D eigenvalue weighted by Crippen LogP contribution is -2.44. The molecule has 7 nitrogen and oxygen atoms in total. The third kappa shape index (κ3) is 14.3. The van der Waals surface area contributed by atoms with Crippen molar-refractivity contribution in [3.05, 3.63) is 23.9 Å². The fourth-order valence-corrected chi connectivity index (χ4v) is 3.66. The zero-order valence-corrected chi connectivity index (χ0v) is 21.4. The number of unbranched alkanes of at least 4 members (excludes halogenated alkanes) is 4. The van der Waals surface area contributed by atoms with E-state index in [-0.39, 0.29) is 17.4 Å². The number of quaternary nitrogens is 1. The van der Waals surface area contributed by atoms with Crippen LogP contribution in [0, 0.1) is 0 Å². The molecule has 8 heteroatoms. The van der Waals surface area contributed by atoms with E-state index in [1.54, 1.807) is 11.8 Å². The number of likely N-dealkylation sites (N-methyl/N-ethyl adjacent to an activating group) is 1. The minimum absolute atomic E-state index is 0.0638. The van der Waals surface area contributed by atoms with Gasteiger partial charge >= 0.3 is 5.97 Å². The van der Waals surface area contributed by atoms with Crippen molar-refractivity contribution < 1.29 is 24.0 Å². The highest BCUT2D eigenvalue weighted by molar-refractivity contribution is 7.80. The van der Waals surface area contributed by atoms with Crippen LogP contribution in [0.4, 0.5) is 0 Å². The number of amides is 2. The van der Waals surface area contributed by atoms with Crippen LogP contribution >= 0.6 is 12.6 Å². The molecule has 0 atom stereocenters. The molecular weight excluding hydrogens is 426 g/mol. The lowest BCUT2D eigenvalue weighted by molar-refractivity contribution is -0.885. The minimum atomic E-state index is -0.977. The fraction of sp³-hybridized carbons (Fsp3) is 0.708. The van der Waals surface area contributed by atoms with E-state index in [2.05, 4.69) is 24.5 Å². The Balaban J connectivity index is 4.55. The number of hydrogen-bond acceptors (Lipinski definition) is 4. The van der Waals surface area contributed by atoms with Gasteiger partial charge in [-0.05, 0) is 31.9 Å². The predicted molar refractivity (Wildman–Crippen MR) is 134 cm³/mol. The average molecular weight is 471 g/mol. The van der Waals surface area contributed by atoms with E-state index < -0.39 is 5.97 Å². The number of nitrogens with zero attached hydrogens (tertiary/aromatic N) is 2. The van der Waals surface area contributed by atoms with Gasteiger partial charge in [0.05, 0.1) is 26.2 Å². The van der Waals surface area contributed by atoms with E-state index in [0.29, 0.717) is 36.1 Å². The molecule has 184 valence electrons. The molecule has 0 spiro atoms. The van der Waals surface area contributed by atoms with E-state index in [4.69, 9.17) is 5.11 Å². The first kappa shape index (κ1) is 30.2. The predicted octanol–water partition coefficient (Wildman–Crippen LogP) is 3.62. The van der Waals surface area contributed by atoms with Gasteiger partial charge in [0, 0.05) is 37.7 Å². The number of rotatable bonds is 18. The molecule has 2 N–H and O–H groups in total. The van der Waals surface area contributed by atoms with Gasteiger partial charge in [0.25, 0.3) is 5.91 Å². The second-order valence-corrected chi connectivity index (χ2v) is 9.46. The van der Waals surface area contributed by atoms with Crippen molar-refractivity contribution in [1.82, 2.24) is 10.2 Å². The van der Waals surface area contributed by atoms with Gasteiger partial charge < -0.3 is 19.8 Å². The van der Waals surface area contributed by atoms with Crippen molar-refractivity contribution in [2.75, 3.05) is 46.0 Å². The van der Waals surface area contributed by atoms with Gasteiger partial charge in [-0.15, -0.1) is 0 Å². The summed E-state index contributed by atoms with van der Waals surface area (Å²) in [6.45, 7) is 9.66. The standard InChI is InChI=1S/C24H43N3O4S/c1-6-14-26(15-12-16-27(4,5)19-21(3)24(30)31)23(29)20(2)18-25-22(28)13-10-8-7-9-11-17-32/h18H,3,6-17,19H2,1-2,4-5H3,(H2-,25,28,30,31,32)/p+1. The van der Waals surface area contributed by atoms with E-state index in [0.717, 1.165) is 57.2 Å². The third-order valence-corrected chi connectivity index (χ3v) is 5.56. The molecule has 0 saturated heterocycles. The highest BCUT2D eigenvalue weighted by Crippen LogP contribution is 2.09. The molecular formula is C24H44N3O4S+. The lowest BCUT2D eigenvalue weighted by atomic mass is 10.1. The maximum absolute atomic E-state index is 12.8. The van der Waals surface area contributed by atoms with Gasteiger partial charge in [0.2, 0.25) is 5.91 Å². The summed E-state index contributed by atoms with van der Waals surface area (Å²) in [5.74, 6) is -0.217. The van der Waals surface area contributed by atoms with Gasteiger partial charge in [-0.2, -0.15) is 12.6 Å². The van der Waals surface area contributed by atoms with Gasteiger partial charge in [0.1, 0.15) is 6.54 Å². The van der Waals surface area contributed by atoms with E-state index in [1.807, 2.05) is 21.0 Å². The van der Waals surface area contributed by atoms with E-state index in [1.165, 1.54) is 6.20 Å². The molecule has 0 aromatic carbocycles. The molecule has 0 aliphatic rings. The molecule has 0 radical (unpaired) electrons. The minimum Gasteiger partial charge on any atom is -0.478 e. The molecule has 0 saturated carbocycles. The molecule has 32 heavy (non-hydrogen) atoms. The van der Waals surface area contributed by atoms with Gasteiger partial charge in [-0.25, -0.2) is 4.79 Å². The second-order valence-electron chi connectivity index (χ2n) is 9.01. The van der Waals surface area contributed by atoms with Crippen LogP contribution in [0.2, 0.25) is 0 Å². The zero-order valence-electron chi connectivity index (χ0n) is 20.5. The van der Waals surface area contributed by atoms with E-state index >= 15 is 0 Å². The first-order valence-corrected chi connectivity index (χ1v) is 12.3. The summed E-state index contributed by atoms with van der Waals surface area (Å²) in [5.41, 5.74) is 0.692. The zero-order chi connectivity index (χ0) is 24.6. The van der Waals surface area contributed by atoms with Crippen LogP contribution in [0.3, 0.4) is 0 Å². The second kappa shape index (κ2) is 16.8. The molecule has 0 bridgehead atoms. The molecule has 0 unspecified atom stereocenters. The normalized spacial score (nSPS) is 11.8. The Hall–Kier alpha value is -1.80. The van der Waals surface area contributed by atoms with Crippen molar-refractivity contribution in [3.8, 4) is 0 Å². The summed E-state index contributed by atoms with van der Waals surface area (Å²) in [4.78, 5) is 37.7. The molecule has 0 heterocycles. The fourth-order valence-electron chi connectivity index (χ4n) is 3.44. The van der Waals surface area contributed by atoms with Crippen molar-refractivity contribution in [3.63, 3.8) is 0 Å². The topological polar surface area (TPSA) is 86.7 Å². The van der Waals surface area contributed by atoms with Crippen LogP contribution in [-0.4, -0.2) is 78.3 Å². The molecule has 0 aromatic heterocycles. The molecule has 0 aliphatic heterocycles. The Morgan fingerprint density at radius 3 is 2.28 bits per heavy atom. The number of nitrogens with one attached hydrogen (secondary N) is 1. The van der Waals surface area contributed by atoms with Gasteiger partial charge in [-0.3, -0.25) is 9.59 Å². The van der Waals surface area contributed by atoms with Crippen molar-refractivity contribution in [2.45, 2.75) is 65.2 Å². The molecule has 0 aromatic rings. The quantitative estimate of drug-likeness (QED) is 0.124. The summed E-state index contributed by atoms with van der Waals surface area (Å²) < 4.78 is 0.499. The molecule has 0 fully saturated rings. The largest absolute Gasteiger partial charge is 0.478 e. The maximum atomic E-state index is 12.8. The highest BCUT2D eigenvalue weighted by Gasteiger charge is 2.21. The smallest absolute Gasteiger partial charge is 0.336 e. The van der Waals surface area contributed by atoms with Crippen LogP contribution in [-0.2, 0) is 14.4 Å². The van der Waals surface area contributed by atoms with E-state index in [9.17, 15) is 14.4 Å². The number of aliphatic carboxylic acids is 1. The summed E-state index contributed by atoms with van der Waals surface area (Å²) >= 11 is 4.19. The third-order valence-electron chi connectivity index (χ3n) is 5.24. The summed E-state index contributed by atoms with van der Waals surface area (Å²) in [5, 5.41) is 11.8. The number of carboxylic acids is 1. The van der Waals surface area contributed by atoms with Gasteiger partial charge in [0.15, 0.2) is 0 Å². The SMILES string of the molecule is C=C(C[N+](C)(C)CCCN(CCC)C(=O)C(C)=CNC(=O)CCCCCCCS)C(=O)O. The van der Waals surface area contributed by atoms with Crippen molar-refractivity contribution in [2.24, 2.45) is 0 Å². The number of carbonyl (C=O) groups is 3. The number of thiol groups is 1. The summed E-state index contributed by atoms with van der Waals surface area (Å²) in [6.07, 6.45) is 8.83. The number of carboxylic acid groups (broad SMARTS) is 1. The van der Waals surface area contributed by atoms with Crippen molar-refractivity contribution >= 4 is 30.4 Å². The molecule has 0 rings (SSSR count). The monoisotopic (exact) mass is 470 g/mol. The first-order chi connectivity index (χ1) is 15.0. The Bertz CT molecular complexity index is 647. The Morgan fingerprint density at radius 2 is 1.69 bits per heavy atom. The van der Waals surface area contributed by atoms with Gasteiger partial charge in [-0.1, -0.05) is 32.8 Å². The maximum Gasteiger partial charge on any atom is 0.336 e. The van der Waals surface area contributed by atoms with Crippen LogP contribution in [0.15, 0.2) is 23.9 Å². The lowest BCUT2D eigenvalue weighted by Gasteiger charge is -2.31. The Kier molecular flexibility index (Phi) is 15.8. The molecule has 0 aliphatic carbocycles. The highest BCUT2D eigenvalue weighted by atomic mass is 32.1. The summed E-state index contributed by atoms with van der Waals surface area (Å²) in [6, 6.07) is 0. The molecule has 2 amide bonds.